The van der Waals surface area contributed by atoms with Crippen LogP contribution in [0, 0.1) is 5.92 Å². The Morgan fingerprint density at radius 2 is 1.22 bits per heavy atom. The maximum Gasteiger partial charge on any atom is 0.373 e. The number of carbonyl (C=O) groups excluding carboxylic acids is 1. The molecule has 1 aromatic rings. The Kier molecular flexibility index (Phi) is 27.6. The largest absolute Gasteiger partial charge is 0.490 e. The number of aliphatic carboxylic acids is 1. The number of unbranched alkanes of at least 4 members (excludes halogenated alkanes) is 16. The summed E-state index contributed by atoms with van der Waals surface area (Å²) in [5, 5.41) is 8.52. The van der Waals surface area contributed by atoms with E-state index in [-0.39, 0.29) is 5.76 Å². The van der Waals surface area contributed by atoms with E-state index in [2.05, 4.69) is 20.8 Å². The molecule has 0 amide bonds. The van der Waals surface area contributed by atoms with E-state index in [0.717, 1.165) is 37.2 Å². The van der Waals surface area contributed by atoms with E-state index in [9.17, 15) is 9.59 Å². The van der Waals surface area contributed by atoms with Crippen molar-refractivity contribution in [2.24, 2.45) is 5.92 Å². The van der Waals surface area contributed by atoms with Crippen molar-refractivity contribution >= 4 is 18.0 Å². The zero-order valence-electron chi connectivity index (χ0n) is 27.0. The maximum absolute atomic E-state index is 11.9. The quantitative estimate of drug-likeness (QED) is 0.0544. The highest BCUT2D eigenvalue weighted by Gasteiger charge is 2.11. The standard InChI is InChI=1S/C18H26O3.C18H36O2/c1-3-4-5-6-7-11-14-21-18(19)17(20-2)15-16-12-9-8-10-13-16;1-17(2)15-13-11-9-7-5-3-4-6-8-10-12-14-16-18(19)20/h8-10,12-13,15H,3-7,11,14H2,1-2H3;17H,3-16H2,1-2H3,(H,19,20). The molecule has 0 aromatic heterocycles. The van der Waals surface area contributed by atoms with Gasteiger partial charge in [0.25, 0.3) is 0 Å². The van der Waals surface area contributed by atoms with E-state index >= 15 is 0 Å². The minimum atomic E-state index is -0.654. The third-order valence-electron chi connectivity index (χ3n) is 7.17. The number of ether oxygens (including phenoxy) is 2. The van der Waals surface area contributed by atoms with E-state index in [4.69, 9.17) is 14.6 Å². The number of carbonyl (C=O) groups is 2. The monoisotopic (exact) mass is 574 g/mol. The molecule has 5 heteroatoms. The van der Waals surface area contributed by atoms with Gasteiger partial charge < -0.3 is 14.6 Å². The normalized spacial score (nSPS) is 11.2. The fourth-order valence-corrected chi connectivity index (χ4v) is 4.62. The van der Waals surface area contributed by atoms with Gasteiger partial charge in [-0.2, -0.15) is 0 Å². The number of hydrogen-bond donors (Lipinski definition) is 1. The number of esters is 1. The average Bonchev–Trinajstić information content (AvgIpc) is 2.96. The highest BCUT2D eigenvalue weighted by Crippen LogP contribution is 2.14. The lowest BCUT2D eigenvalue weighted by atomic mass is 10.0. The molecule has 1 rings (SSSR count). The first-order valence-corrected chi connectivity index (χ1v) is 16.6. The Bertz CT molecular complexity index is 756. The summed E-state index contributed by atoms with van der Waals surface area (Å²) < 4.78 is 10.4. The third kappa shape index (κ3) is 27.6. The van der Waals surface area contributed by atoms with E-state index < -0.39 is 11.9 Å². The summed E-state index contributed by atoms with van der Waals surface area (Å²) in [6.45, 7) is 7.27. The summed E-state index contributed by atoms with van der Waals surface area (Å²) in [6.07, 6.45) is 26.1. The Morgan fingerprint density at radius 1 is 0.732 bits per heavy atom. The molecule has 0 aliphatic carbocycles. The summed E-state index contributed by atoms with van der Waals surface area (Å²) in [5.74, 6) is 0.0611. The summed E-state index contributed by atoms with van der Waals surface area (Å²) in [4.78, 5) is 22.2. The van der Waals surface area contributed by atoms with Gasteiger partial charge in [-0.1, -0.05) is 160 Å². The van der Waals surface area contributed by atoms with Crippen LogP contribution in [0.25, 0.3) is 6.08 Å². The SMILES string of the molecule is CC(C)CCCCCCCCCCCCCCC(=O)O.CCCCCCCCOC(=O)C(=Cc1ccccc1)OC. The maximum atomic E-state index is 11.9. The van der Waals surface area contributed by atoms with Gasteiger partial charge in [0, 0.05) is 6.42 Å². The first-order valence-electron chi connectivity index (χ1n) is 16.6. The van der Waals surface area contributed by atoms with Crippen molar-refractivity contribution in [1.29, 1.82) is 0 Å². The lowest BCUT2D eigenvalue weighted by molar-refractivity contribution is -0.142. The van der Waals surface area contributed by atoms with Crippen LogP contribution < -0.4 is 0 Å². The number of carboxylic acid groups (broad SMARTS) is 1. The molecular weight excluding hydrogens is 512 g/mol. The predicted octanol–water partition coefficient (Wildman–Crippen LogP) is 10.8. The second-order valence-corrected chi connectivity index (χ2v) is 11.6. The van der Waals surface area contributed by atoms with Gasteiger partial charge in [-0.3, -0.25) is 4.79 Å². The van der Waals surface area contributed by atoms with Crippen molar-refractivity contribution in [2.75, 3.05) is 13.7 Å². The number of rotatable bonds is 25. The molecule has 1 N–H and O–H groups in total. The van der Waals surface area contributed by atoms with Crippen LogP contribution in [0.4, 0.5) is 0 Å². The molecule has 0 bridgehead atoms. The topological polar surface area (TPSA) is 72.8 Å². The second-order valence-electron chi connectivity index (χ2n) is 11.6. The molecule has 0 saturated carbocycles. The second kappa shape index (κ2) is 29.2. The molecule has 0 radical (unpaired) electrons. The van der Waals surface area contributed by atoms with E-state index in [1.165, 1.54) is 103 Å². The minimum absolute atomic E-state index is 0.243. The molecule has 1 aromatic carbocycles. The summed E-state index contributed by atoms with van der Waals surface area (Å²) in [5.41, 5.74) is 0.922. The number of hydrogen-bond acceptors (Lipinski definition) is 4. The Hall–Kier alpha value is -2.30. The van der Waals surface area contributed by atoms with E-state index in [1.54, 1.807) is 6.08 Å². The molecule has 0 heterocycles. The van der Waals surface area contributed by atoms with Crippen molar-refractivity contribution in [3.05, 3.63) is 41.7 Å². The Labute approximate surface area is 252 Å². The number of carboxylic acids is 1. The highest BCUT2D eigenvalue weighted by molar-refractivity contribution is 5.91. The Morgan fingerprint density at radius 3 is 1.71 bits per heavy atom. The predicted molar refractivity (Wildman–Crippen MR) is 173 cm³/mol. The van der Waals surface area contributed by atoms with Crippen LogP contribution in [-0.2, 0) is 19.1 Å². The average molecular weight is 575 g/mol. The Balaban J connectivity index is 0.000000782. The van der Waals surface area contributed by atoms with Crippen LogP contribution in [-0.4, -0.2) is 30.8 Å². The first kappa shape index (κ1) is 38.7. The molecular formula is C36H62O5. The molecule has 0 aliphatic heterocycles. The number of benzene rings is 1. The summed E-state index contributed by atoms with van der Waals surface area (Å²) >= 11 is 0. The summed E-state index contributed by atoms with van der Waals surface area (Å²) in [7, 11) is 1.49. The van der Waals surface area contributed by atoms with Crippen molar-refractivity contribution in [3.63, 3.8) is 0 Å². The van der Waals surface area contributed by atoms with Gasteiger partial charge in [-0.25, -0.2) is 4.79 Å². The van der Waals surface area contributed by atoms with Crippen molar-refractivity contribution in [2.45, 2.75) is 149 Å². The molecule has 0 fully saturated rings. The zero-order valence-corrected chi connectivity index (χ0v) is 27.0. The van der Waals surface area contributed by atoms with Gasteiger partial charge in [-0.05, 0) is 30.4 Å². The van der Waals surface area contributed by atoms with Gasteiger partial charge in [0.2, 0.25) is 5.76 Å². The van der Waals surface area contributed by atoms with Crippen LogP contribution in [0.3, 0.4) is 0 Å². The lowest BCUT2D eigenvalue weighted by Gasteiger charge is -2.07. The third-order valence-corrected chi connectivity index (χ3v) is 7.17. The molecule has 0 spiro atoms. The first-order chi connectivity index (χ1) is 19.9. The van der Waals surface area contributed by atoms with E-state index in [0.29, 0.717) is 13.0 Å². The molecule has 5 nitrogen and oxygen atoms in total. The van der Waals surface area contributed by atoms with Gasteiger partial charge >= 0.3 is 11.9 Å². The smallest absolute Gasteiger partial charge is 0.373 e. The molecule has 0 saturated heterocycles. The van der Waals surface area contributed by atoms with Crippen molar-refractivity contribution in [1.82, 2.24) is 0 Å². The fraction of sp³-hybridized carbons (Fsp3) is 0.722. The molecule has 0 unspecified atom stereocenters. The van der Waals surface area contributed by atoms with Crippen LogP contribution in [0.15, 0.2) is 36.1 Å². The van der Waals surface area contributed by atoms with Crippen LogP contribution >= 0.6 is 0 Å². The molecule has 41 heavy (non-hydrogen) atoms. The molecule has 236 valence electrons. The van der Waals surface area contributed by atoms with Crippen molar-refractivity contribution < 1.29 is 24.2 Å². The van der Waals surface area contributed by atoms with E-state index in [1.807, 2.05) is 30.3 Å². The molecule has 0 atom stereocenters. The van der Waals surface area contributed by atoms with Crippen LogP contribution in [0.1, 0.15) is 155 Å². The van der Waals surface area contributed by atoms with Crippen LogP contribution in [0.2, 0.25) is 0 Å². The number of methoxy groups -OCH3 is 1. The molecule has 0 aliphatic rings. The van der Waals surface area contributed by atoms with Gasteiger partial charge in [0.05, 0.1) is 13.7 Å². The summed E-state index contributed by atoms with van der Waals surface area (Å²) in [6, 6.07) is 9.60. The minimum Gasteiger partial charge on any atom is -0.490 e. The van der Waals surface area contributed by atoms with Crippen LogP contribution in [0.5, 0.6) is 0 Å². The van der Waals surface area contributed by atoms with Gasteiger partial charge in [-0.15, -0.1) is 0 Å². The van der Waals surface area contributed by atoms with Crippen molar-refractivity contribution in [3.8, 4) is 0 Å². The highest BCUT2D eigenvalue weighted by atomic mass is 16.6. The fourth-order valence-electron chi connectivity index (χ4n) is 4.62. The lowest BCUT2D eigenvalue weighted by Crippen LogP contribution is -2.10. The van der Waals surface area contributed by atoms with Gasteiger partial charge in [0.1, 0.15) is 0 Å². The van der Waals surface area contributed by atoms with Gasteiger partial charge in [0.15, 0.2) is 0 Å². The zero-order chi connectivity index (χ0) is 30.4.